The van der Waals surface area contributed by atoms with Gasteiger partial charge in [0, 0.05) is 43.2 Å². The van der Waals surface area contributed by atoms with Gasteiger partial charge in [-0.05, 0) is 48.9 Å². The van der Waals surface area contributed by atoms with E-state index in [2.05, 4.69) is 42.3 Å². The van der Waals surface area contributed by atoms with Crippen molar-refractivity contribution in [3.05, 3.63) is 29.3 Å². The molecule has 2 aliphatic rings. The first-order valence-electron chi connectivity index (χ1n) is 7.82. The van der Waals surface area contributed by atoms with Gasteiger partial charge in [0.05, 0.1) is 0 Å². The summed E-state index contributed by atoms with van der Waals surface area (Å²) in [7, 11) is 0. The molecule has 0 bridgehead atoms. The third-order valence-corrected chi connectivity index (χ3v) is 5.80. The molecule has 1 N–H and O–H groups in total. The maximum Gasteiger partial charge on any atom is 0.223 e. The van der Waals surface area contributed by atoms with Crippen molar-refractivity contribution in [3.63, 3.8) is 0 Å². The van der Waals surface area contributed by atoms with Gasteiger partial charge >= 0.3 is 0 Å². The zero-order valence-electron chi connectivity index (χ0n) is 13.3. The maximum atomic E-state index is 12.3. The molecule has 22 heavy (non-hydrogen) atoms. The van der Waals surface area contributed by atoms with Crippen LogP contribution in [-0.4, -0.2) is 42.7 Å². The van der Waals surface area contributed by atoms with Gasteiger partial charge in [-0.2, -0.15) is 0 Å². The Hall–Kier alpha value is -0.710. The van der Waals surface area contributed by atoms with Crippen LogP contribution in [0.1, 0.15) is 17.5 Å². The number of hydrogen-bond acceptors (Lipinski definition) is 3. The summed E-state index contributed by atoms with van der Waals surface area (Å²) >= 11 is 1.79. The molecule has 0 unspecified atom stereocenters. The van der Waals surface area contributed by atoms with Crippen molar-refractivity contribution in [1.82, 2.24) is 10.2 Å². The SMILES string of the molecule is Cc1ccc(SCCC(=O)N2C[C@H]3CNC[C@H]3C2)cc1C.Cl. The average molecular weight is 341 g/mol. The van der Waals surface area contributed by atoms with Crippen LogP contribution < -0.4 is 5.32 Å². The summed E-state index contributed by atoms with van der Waals surface area (Å²) in [6.07, 6.45) is 0.657. The van der Waals surface area contributed by atoms with Crippen LogP contribution >= 0.6 is 24.2 Å². The summed E-state index contributed by atoms with van der Waals surface area (Å²) in [6, 6.07) is 6.54. The predicted octanol–water partition coefficient (Wildman–Crippen LogP) is 2.89. The Balaban J connectivity index is 0.00000176. The van der Waals surface area contributed by atoms with Crippen LogP contribution in [0.4, 0.5) is 0 Å². The largest absolute Gasteiger partial charge is 0.342 e. The van der Waals surface area contributed by atoms with E-state index in [1.165, 1.54) is 16.0 Å². The minimum atomic E-state index is 0. The molecule has 0 aromatic heterocycles. The summed E-state index contributed by atoms with van der Waals surface area (Å²) in [5, 5.41) is 3.42. The number of aryl methyl sites for hydroxylation is 2. The van der Waals surface area contributed by atoms with Gasteiger partial charge in [0.2, 0.25) is 5.91 Å². The number of rotatable bonds is 4. The fraction of sp³-hybridized carbons (Fsp3) is 0.588. The molecule has 1 aromatic carbocycles. The van der Waals surface area contributed by atoms with Crippen LogP contribution in [-0.2, 0) is 4.79 Å². The van der Waals surface area contributed by atoms with Crippen LogP contribution in [0.2, 0.25) is 0 Å². The number of benzene rings is 1. The van der Waals surface area contributed by atoms with Crippen LogP contribution in [0, 0.1) is 25.7 Å². The number of fused-ring (bicyclic) bond motifs is 1. The molecular formula is C17H25ClN2OS. The Morgan fingerprint density at radius 2 is 1.91 bits per heavy atom. The number of nitrogens with zero attached hydrogens (tertiary/aromatic N) is 1. The van der Waals surface area contributed by atoms with Gasteiger partial charge in [-0.1, -0.05) is 6.07 Å². The van der Waals surface area contributed by atoms with Gasteiger partial charge in [-0.15, -0.1) is 24.2 Å². The molecule has 0 spiro atoms. The van der Waals surface area contributed by atoms with Crippen molar-refractivity contribution < 1.29 is 4.79 Å². The highest BCUT2D eigenvalue weighted by Crippen LogP contribution is 2.27. The van der Waals surface area contributed by atoms with Crippen molar-refractivity contribution in [2.75, 3.05) is 31.9 Å². The smallest absolute Gasteiger partial charge is 0.223 e. The highest BCUT2D eigenvalue weighted by Gasteiger charge is 2.37. The van der Waals surface area contributed by atoms with E-state index in [-0.39, 0.29) is 12.4 Å². The standard InChI is InChI=1S/C17H24N2OS.ClH/c1-12-3-4-16(7-13(12)2)21-6-5-17(20)19-10-14-8-18-9-15(14)11-19;/h3-4,7,14-15,18H,5-6,8-11H2,1-2H3;1H/t14-,15+;. The molecule has 2 saturated heterocycles. The second-order valence-electron chi connectivity index (χ2n) is 6.32. The van der Waals surface area contributed by atoms with E-state index in [1.807, 2.05) is 0 Å². The number of amides is 1. The van der Waals surface area contributed by atoms with Crippen molar-refractivity contribution >= 4 is 30.1 Å². The normalized spacial score (nSPS) is 23.3. The van der Waals surface area contributed by atoms with E-state index < -0.39 is 0 Å². The van der Waals surface area contributed by atoms with Crippen LogP contribution in [0.3, 0.4) is 0 Å². The molecule has 0 saturated carbocycles. The van der Waals surface area contributed by atoms with E-state index in [0.717, 1.165) is 31.9 Å². The molecule has 0 radical (unpaired) electrons. The molecule has 122 valence electrons. The molecule has 2 fully saturated rings. The summed E-state index contributed by atoms with van der Waals surface area (Å²) in [4.78, 5) is 15.6. The summed E-state index contributed by atoms with van der Waals surface area (Å²) in [6.45, 7) is 8.38. The van der Waals surface area contributed by atoms with Crippen molar-refractivity contribution in [1.29, 1.82) is 0 Å². The van der Waals surface area contributed by atoms with Crippen LogP contribution in [0.25, 0.3) is 0 Å². The number of thioether (sulfide) groups is 1. The van der Waals surface area contributed by atoms with Gasteiger partial charge in [0.15, 0.2) is 0 Å². The highest BCUT2D eigenvalue weighted by molar-refractivity contribution is 7.99. The summed E-state index contributed by atoms with van der Waals surface area (Å²) in [5.74, 6) is 2.61. The summed E-state index contributed by atoms with van der Waals surface area (Å²) < 4.78 is 0. The fourth-order valence-electron chi connectivity index (χ4n) is 3.28. The van der Waals surface area contributed by atoms with Gasteiger partial charge < -0.3 is 10.2 Å². The molecule has 1 amide bonds. The Labute approximate surface area is 143 Å². The van der Waals surface area contributed by atoms with E-state index in [4.69, 9.17) is 0 Å². The Morgan fingerprint density at radius 1 is 1.23 bits per heavy atom. The molecule has 5 heteroatoms. The number of carbonyl (C=O) groups is 1. The monoisotopic (exact) mass is 340 g/mol. The van der Waals surface area contributed by atoms with E-state index in [0.29, 0.717) is 24.2 Å². The topological polar surface area (TPSA) is 32.3 Å². The fourth-order valence-corrected chi connectivity index (χ4v) is 4.21. The van der Waals surface area contributed by atoms with Gasteiger partial charge in [-0.25, -0.2) is 0 Å². The number of hydrogen-bond donors (Lipinski definition) is 1. The Bertz CT molecular complexity index is 525. The Kier molecular flexibility index (Phi) is 6.18. The quantitative estimate of drug-likeness (QED) is 0.855. The first-order valence-corrected chi connectivity index (χ1v) is 8.80. The van der Waals surface area contributed by atoms with E-state index in [9.17, 15) is 4.79 Å². The van der Waals surface area contributed by atoms with Crippen LogP contribution in [0.5, 0.6) is 0 Å². The predicted molar refractivity (Wildman–Crippen MR) is 94.9 cm³/mol. The van der Waals surface area contributed by atoms with Crippen molar-refractivity contribution in [2.45, 2.75) is 25.2 Å². The van der Waals surface area contributed by atoms with Gasteiger partial charge in [-0.3, -0.25) is 4.79 Å². The van der Waals surface area contributed by atoms with Gasteiger partial charge in [0.1, 0.15) is 0 Å². The third-order valence-electron chi connectivity index (χ3n) is 4.81. The zero-order valence-corrected chi connectivity index (χ0v) is 14.9. The third kappa shape index (κ3) is 3.98. The molecule has 2 heterocycles. The number of likely N-dealkylation sites (tertiary alicyclic amines) is 1. The average Bonchev–Trinajstić information content (AvgIpc) is 3.03. The lowest BCUT2D eigenvalue weighted by atomic mass is 10.0. The number of halogens is 1. The highest BCUT2D eigenvalue weighted by atomic mass is 35.5. The van der Waals surface area contributed by atoms with Crippen molar-refractivity contribution in [3.8, 4) is 0 Å². The van der Waals surface area contributed by atoms with E-state index >= 15 is 0 Å². The number of carbonyl (C=O) groups excluding carboxylic acids is 1. The molecule has 2 aliphatic heterocycles. The zero-order chi connectivity index (χ0) is 14.8. The van der Waals surface area contributed by atoms with Crippen molar-refractivity contribution in [2.24, 2.45) is 11.8 Å². The molecule has 2 atom stereocenters. The maximum absolute atomic E-state index is 12.3. The molecule has 1 aromatic rings. The molecule has 3 nitrogen and oxygen atoms in total. The van der Waals surface area contributed by atoms with Gasteiger partial charge in [0.25, 0.3) is 0 Å². The lowest BCUT2D eigenvalue weighted by molar-refractivity contribution is -0.129. The lowest BCUT2D eigenvalue weighted by Crippen LogP contribution is -2.32. The molecular weight excluding hydrogens is 316 g/mol. The second-order valence-corrected chi connectivity index (χ2v) is 7.49. The first-order chi connectivity index (χ1) is 10.1. The second kappa shape index (κ2) is 7.71. The lowest BCUT2D eigenvalue weighted by Gasteiger charge is -2.17. The first kappa shape index (κ1) is 17.6. The number of nitrogens with one attached hydrogen (secondary N) is 1. The molecule has 0 aliphatic carbocycles. The Morgan fingerprint density at radius 3 is 2.55 bits per heavy atom. The van der Waals surface area contributed by atoms with Crippen LogP contribution in [0.15, 0.2) is 23.1 Å². The minimum absolute atomic E-state index is 0. The minimum Gasteiger partial charge on any atom is -0.342 e. The summed E-state index contributed by atoms with van der Waals surface area (Å²) in [5.41, 5.74) is 2.65. The van der Waals surface area contributed by atoms with E-state index in [1.54, 1.807) is 11.8 Å². The molecule has 3 rings (SSSR count).